The zero-order valence-electron chi connectivity index (χ0n) is 19.3. The number of furan rings is 2. The summed E-state index contributed by atoms with van der Waals surface area (Å²) in [6, 6.07) is 27.6. The Balaban J connectivity index is 1.49. The molecule has 0 aliphatic rings. The zero-order chi connectivity index (χ0) is 23.0. The number of rotatable bonds is 2. The quantitative estimate of drug-likeness (QED) is 0.224. The first kappa shape index (κ1) is 19.9. The van der Waals surface area contributed by atoms with E-state index in [-0.39, 0.29) is 0 Å². The van der Waals surface area contributed by atoms with Crippen LogP contribution in [0.5, 0.6) is 0 Å². The van der Waals surface area contributed by atoms with E-state index in [4.69, 9.17) is 13.8 Å². The van der Waals surface area contributed by atoms with Gasteiger partial charge in [-0.25, -0.2) is 0 Å². The van der Waals surface area contributed by atoms with E-state index in [0.717, 1.165) is 60.5 Å². The van der Waals surface area contributed by atoms with Crippen molar-refractivity contribution in [1.29, 1.82) is 0 Å². The molecule has 7 rings (SSSR count). The summed E-state index contributed by atoms with van der Waals surface area (Å²) < 4.78 is 14.4. The summed E-state index contributed by atoms with van der Waals surface area (Å²) in [5.41, 5.74) is 5.53. The van der Waals surface area contributed by atoms with Crippen LogP contribution in [0.1, 0.15) is 0 Å². The number of fused-ring (bicyclic) bond motifs is 8. The van der Waals surface area contributed by atoms with E-state index in [2.05, 4.69) is 96.1 Å². The third kappa shape index (κ3) is 2.80. The SMILES string of the molecule is [CH3][Ge]([CH3])([CH3])[c]1cccc2c1oc1cc(-c3cccc4c3oc3c5ccccc5ccc43)ncc12. The summed E-state index contributed by atoms with van der Waals surface area (Å²) in [7, 11) is 0. The van der Waals surface area contributed by atoms with Crippen molar-refractivity contribution in [3.8, 4) is 11.3 Å². The minimum atomic E-state index is -2.08. The van der Waals surface area contributed by atoms with Crippen LogP contribution in [0, 0.1) is 0 Å². The summed E-state index contributed by atoms with van der Waals surface area (Å²) in [4.78, 5) is 4.87. The summed E-state index contributed by atoms with van der Waals surface area (Å²) in [6.45, 7) is 0. The number of pyridine rings is 1. The molecular formula is C30H23GeNO2. The molecule has 34 heavy (non-hydrogen) atoms. The maximum absolute atomic E-state index is 6.52. The van der Waals surface area contributed by atoms with Gasteiger partial charge in [-0.15, -0.1) is 0 Å². The Labute approximate surface area is 199 Å². The van der Waals surface area contributed by atoms with Crippen LogP contribution in [-0.2, 0) is 0 Å². The van der Waals surface area contributed by atoms with Gasteiger partial charge in [-0.05, 0) is 0 Å². The monoisotopic (exact) mass is 503 g/mol. The number of benzene rings is 4. The van der Waals surface area contributed by atoms with Crippen molar-refractivity contribution < 1.29 is 8.83 Å². The molecule has 4 heteroatoms. The molecular weight excluding hydrogens is 479 g/mol. The Morgan fingerprint density at radius 1 is 0.618 bits per heavy atom. The molecule has 0 aliphatic carbocycles. The maximum atomic E-state index is 6.52. The van der Waals surface area contributed by atoms with Crippen LogP contribution in [0.2, 0.25) is 17.3 Å². The fourth-order valence-electron chi connectivity index (χ4n) is 5.16. The molecule has 0 fully saturated rings. The van der Waals surface area contributed by atoms with Crippen LogP contribution in [0.25, 0.3) is 65.9 Å². The molecule has 0 N–H and O–H groups in total. The molecule has 164 valence electrons. The Hall–Kier alpha value is -3.57. The third-order valence-electron chi connectivity index (χ3n) is 6.86. The third-order valence-corrected chi connectivity index (χ3v) is 11.1. The average molecular weight is 502 g/mol. The number of nitrogens with zero attached hydrogens (tertiary/aromatic N) is 1. The van der Waals surface area contributed by atoms with E-state index in [1.807, 2.05) is 6.20 Å². The molecule has 0 atom stereocenters. The second-order valence-corrected chi connectivity index (χ2v) is 20.6. The molecule has 0 radical (unpaired) electrons. The average Bonchev–Trinajstić information content (AvgIpc) is 3.41. The molecule has 0 bridgehead atoms. The molecule has 4 aromatic carbocycles. The van der Waals surface area contributed by atoms with Gasteiger partial charge in [0.15, 0.2) is 0 Å². The van der Waals surface area contributed by atoms with Gasteiger partial charge in [0, 0.05) is 0 Å². The van der Waals surface area contributed by atoms with Crippen LogP contribution < -0.4 is 4.40 Å². The zero-order valence-corrected chi connectivity index (χ0v) is 21.4. The van der Waals surface area contributed by atoms with Crippen molar-refractivity contribution in [1.82, 2.24) is 4.98 Å². The van der Waals surface area contributed by atoms with Gasteiger partial charge in [0.2, 0.25) is 0 Å². The van der Waals surface area contributed by atoms with Crippen molar-refractivity contribution >= 4 is 72.3 Å². The fourth-order valence-corrected chi connectivity index (χ4v) is 8.23. The summed E-state index contributed by atoms with van der Waals surface area (Å²) in [5, 5.41) is 6.75. The van der Waals surface area contributed by atoms with Gasteiger partial charge in [0.25, 0.3) is 0 Å². The fraction of sp³-hybridized carbons (Fsp3) is 0.100. The molecule has 0 saturated heterocycles. The number of hydrogen-bond donors (Lipinski definition) is 0. The normalized spacial score (nSPS) is 12.6. The van der Waals surface area contributed by atoms with E-state index in [1.165, 1.54) is 9.78 Å². The molecule has 0 spiro atoms. The summed E-state index contributed by atoms with van der Waals surface area (Å²) in [5.74, 6) is 7.20. The molecule has 3 heterocycles. The van der Waals surface area contributed by atoms with E-state index in [1.54, 1.807) is 0 Å². The molecule has 3 aromatic heterocycles. The van der Waals surface area contributed by atoms with Crippen molar-refractivity contribution in [3.63, 3.8) is 0 Å². The molecule has 0 unspecified atom stereocenters. The Morgan fingerprint density at radius 3 is 2.21 bits per heavy atom. The molecule has 0 aliphatic heterocycles. The Morgan fingerprint density at radius 2 is 1.35 bits per heavy atom. The van der Waals surface area contributed by atoms with Crippen LogP contribution in [0.15, 0.2) is 93.9 Å². The number of para-hydroxylation sites is 2. The summed E-state index contributed by atoms with van der Waals surface area (Å²) in [6.07, 6.45) is 1.95. The van der Waals surface area contributed by atoms with Gasteiger partial charge in [-0.1, -0.05) is 18.2 Å². The second-order valence-electron chi connectivity index (χ2n) is 10.0. The topological polar surface area (TPSA) is 39.2 Å². The molecule has 0 amide bonds. The van der Waals surface area contributed by atoms with Crippen LogP contribution in [0.4, 0.5) is 0 Å². The molecule has 0 saturated carbocycles. The first-order valence-corrected chi connectivity index (χ1v) is 19.0. The van der Waals surface area contributed by atoms with E-state index in [0.29, 0.717) is 0 Å². The standard InChI is InChI=1S/C30H23GeNO2/c1-31(2,3)25-13-7-11-21-24-17-32-26(16-27(24)33-30(21)25)23-12-6-10-20-22-15-14-18-8-4-5-9-19(18)28(22)34-29(20)23/h4-17H,1-3H3. The second kappa shape index (κ2) is 6.97. The van der Waals surface area contributed by atoms with Crippen LogP contribution in [0.3, 0.4) is 0 Å². The Bertz CT molecular complexity index is 1900. The predicted octanol–water partition coefficient (Wildman–Crippen LogP) is 8.25. The van der Waals surface area contributed by atoms with Gasteiger partial charge in [0.1, 0.15) is 0 Å². The van der Waals surface area contributed by atoms with Crippen LogP contribution in [-0.4, -0.2) is 18.3 Å². The number of hydrogen-bond acceptors (Lipinski definition) is 3. The van der Waals surface area contributed by atoms with Gasteiger partial charge in [-0.2, -0.15) is 0 Å². The van der Waals surface area contributed by atoms with Crippen molar-refractivity contribution in [2.75, 3.05) is 0 Å². The van der Waals surface area contributed by atoms with Crippen molar-refractivity contribution in [3.05, 3.63) is 85.1 Å². The molecule has 7 aromatic rings. The van der Waals surface area contributed by atoms with Gasteiger partial charge in [-0.3, -0.25) is 0 Å². The van der Waals surface area contributed by atoms with Crippen molar-refractivity contribution in [2.24, 2.45) is 0 Å². The van der Waals surface area contributed by atoms with Crippen molar-refractivity contribution in [2.45, 2.75) is 17.3 Å². The number of aromatic nitrogens is 1. The van der Waals surface area contributed by atoms with Gasteiger partial charge in [0.05, 0.1) is 0 Å². The predicted molar refractivity (Wildman–Crippen MR) is 145 cm³/mol. The summed E-state index contributed by atoms with van der Waals surface area (Å²) >= 11 is -2.08. The first-order valence-electron chi connectivity index (χ1n) is 11.6. The van der Waals surface area contributed by atoms with Gasteiger partial charge < -0.3 is 0 Å². The van der Waals surface area contributed by atoms with Crippen LogP contribution >= 0.6 is 0 Å². The van der Waals surface area contributed by atoms with E-state index in [9.17, 15) is 0 Å². The minimum absolute atomic E-state index is 0.861. The Kier molecular flexibility index (Phi) is 4.07. The first-order chi connectivity index (χ1) is 16.5. The van der Waals surface area contributed by atoms with Gasteiger partial charge >= 0.3 is 182 Å². The van der Waals surface area contributed by atoms with E-state index >= 15 is 0 Å². The molecule has 3 nitrogen and oxygen atoms in total. The van der Waals surface area contributed by atoms with E-state index < -0.39 is 13.3 Å².